The predicted molar refractivity (Wildman–Crippen MR) is 122 cm³/mol. The molecule has 31 heavy (non-hydrogen) atoms. The third-order valence-electron chi connectivity index (χ3n) is 4.83. The van der Waals surface area contributed by atoms with E-state index < -0.39 is 0 Å². The molecule has 0 saturated carbocycles. The molecule has 3 aromatic rings. The number of fused-ring (bicyclic) bond motifs is 1. The van der Waals surface area contributed by atoms with Crippen LogP contribution in [0.15, 0.2) is 59.6 Å². The summed E-state index contributed by atoms with van der Waals surface area (Å²) in [7, 11) is 0. The Labute approximate surface area is 183 Å². The summed E-state index contributed by atoms with van der Waals surface area (Å²) in [6.45, 7) is 4.48. The lowest BCUT2D eigenvalue weighted by atomic mass is 10.1. The number of amides is 3. The van der Waals surface area contributed by atoms with Gasteiger partial charge in [-0.2, -0.15) is 0 Å². The molecule has 0 bridgehead atoms. The van der Waals surface area contributed by atoms with Gasteiger partial charge in [0.15, 0.2) is 0 Å². The van der Waals surface area contributed by atoms with Gasteiger partial charge in [-0.15, -0.1) is 11.8 Å². The van der Waals surface area contributed by atoms with Crippen molar-refractivity contribution >= 4 is 40.8 Å². The van der Waals surface area contributed by atoms with Crippen LogP contribution in [0.1, 0.15) is 21.6 Å². The van der Waals surface area contributed by atoms with Crippen LogP contribution >= 0.6 is 11.8 Å². The highest BCUT2D eigenvalue weighted by Gasteiger charge is 2.26. The number of hydrogen-bond acceptors (Lipinski definition) is 4. The number of carbonyl (C=O) groups excluding carboxylic acids is 2. The zero-order valence-corrected chi connectivity index (χ0v) is 17.9. The molecule has 0 aliphatic carbocycles. The largest absolute Gasteiger partial charge is 0.326 e. The van der Waals surface area contributed by atoms with Gasteiger partial charge in [0.1, 0.15) is 10.8 Å². The SMILES string of the molecule is Cc1cc(C)c2c(n1)SCCN2C(=O)Nc1cccc(C(=O)Nc2ccc(F)cc2)c1. The van der Waals surface area contributed by atoms with Crippen molar-refractivity contribution in [3.8, 4) is 0 Å². The molecule has 158 valence electrons. The van der Waals surface area contributed by atoms with Crippen molar-refractivity contribution in [2.45, 2.75) is 18.9 Å². The van der Waals surface area contributed by atoms with Crippen molar-refractivity contribution in [2.75, 3.05) is 27.8 Å². The summed E-state index contributed by atoms with van der Waals surface area (Å²) in [4.78, 5) is 31.8. The molecule has 0 radical (unpaired) electrons. The second-order valence-electron chi connectivity index (χ2n) is 7.21. The van der Waals surface area contributed by atoms with E-state index in [0.717, 1.165) is 27.7 Å². The topological polar surface area (TPSA) is 74.3 Å². The van der Waals surface area contributed by atoms with Gasteiger partial charge in [0.2, 0.25) is 0 Å². The van der Waals surface area contributed by atoms with Gasteiger partial charge < -0.3 is 10.6 Å². The number of anilines is 3. The minimum atomic E-state index is -0.374. The number of urea groups is 1. The maximum atomic E-state index is 13.1. The van der Waals surface area contributed by atoms with Crippen LogP contribution in [0, 0.1) is 19.7 Å². The highest BCUT2D eigenvalue weighted by atomic mass is 32.2. The molecule has 2 aromatic carbocycles. The molecule has 4 rings (SSSR count). The smallest absolute Gasteiger partial charge is 0.322 e. The first-order valence-electron chi connectivity index (χ1n) is 9.77. The summed E-state index contributed by atoms with van der Waals surface area (Å²) in [5.74, 6) is 0.0371. The van der Waals surface area contributed by atoms with E-state index in [2.05, 4.69) is 15.6 Å². The highest BCUT2D eigenvalue weighted by Crippen LogP contribution is 2.36. The van der Waals surface area contributed by atoms with Gasteiger partial charge in [0, 0.05) is 34.9 Å². The minimum Gasteiger partial charge on any atom is -0.322 e. The van der Waals surface area contributed by atoms with Crippen molar-refractivity contribution in [1.82, 2.24) is 4.98 Å². The Bertz CT molecular complexity index is 1150. The van der Waals surface area contributed by atoms with Crippen LogP contribution in [0.4, 0.5) is 26.2 Å². The second-order valence-corrected chi connectivity index (χ2v) is 8.29. The number of thioether (sulfide) groups is 1. The molecule has 0 unspecified atom stereocenters. The fourth-order valence-corrected chi connectivity index (χ4v) is 4.52. The van der Waals surface area contributed by atoms with E-state index in [1.165, 1.54) is 24.3 Å². The van der Waals surface area contributed by atoms with E-state index >= 15 is 0 Å². The highest BCUT2D eigenvalue weighted by molar-refractivity contribution is 7.99. The van der Waals surface area contributed by atoms with Crippen molar-refractivity contribution in [2.24, 2.45) is 0 Å². The Morgan fingerprint density at radius 3 is 2.58 bits per heavy atom. The molecule has 0 spiro atoms. The van der Waals surface area contributed by atoms with Gasteiger partial charge in [-0.3, -0.25) is 9.69 Å². The quantitative estimate of drug-likeness (QED) is 0.589. The lowest BCUT2D eigenvalue weighted by molar-refractivity contribution is 0.102. The van der Waals surface area contributed by atoms with Gasteiger partial charge in [-0.1, -0.05) is 6.07 Å². The maximum Gasteiger partial charge on any atom is 0.326 e. The fraction of sp³-hybridized carbons (Fsp3) is 0.174. The van der Waals surface area contributed by atoms with Crippen molar-refractivity contribution < 1.29 is 14.0 Å². The monoisotopic (exact) mass is 436 g/mol. The molecular weight excluding hydrogens is 415 g/mol. The van der Waals surface area contributed by atoms with E-state index in [0.29, 0.717) is 23.5 Å². The Kier molecular flexibility index (Phi) is 5.90. The van der Waals surface area contributed by atoms with Gasteiger partial charge in [-0.05, 0) is 67.9 Å². The number of hydrogen-bond donors (Lipinski definition) is 2. The molecular formula is C23H21FN4O2S. The van der Waals surface area contributed by atoms with E-state index in [1.807, 2.05) is 19.9 Å². The normalized spacial score (nSPS) is 12.8. The number of aryl methyl sites for hydroxylation is 2. The Morgan fingerprint density at radius 1 is 1.03 bits per heavy atom. The number of benzene rings is 2. The lowest BCUT2D eigenvalue weighted by Gasteiger charge is -2.30. The van der Waals surface area contributed by atoms with Crippen LogP contribution in [0.25, 0.3) is 0 Å². The third-order valence-corrected chi connectivity index (χ3v) is 5.77. The average Bonchev–Trinajstić information content (AvgIpc) is 2.75. The zero-order chi connectivity index (χ0) is 22.0. The fourth-order valence-electron chi connectivity index (χ4n) is 3.44. The molecule has 1 aliphatic heterocycles. The number of pyridine rings is 1. The van der Waals surface area contributed by atoms with Crippen LogP contribution in [0.5, 0.6) is 0 Å². The second kappa shape index (κ2) is 8.77. The van der Waals surface area contributed by atoms with Crippen molar-refractivity contribution in [3.63, 3.8) is 0 Å². The number of nitrogens with zero attached hydrogens (tertiary/aromatic N) is 2. The molecule has 1 aromatic heterocycles. The minimum absolute atomic E-state index is 0.272. The van der Waals surface area contributed by atoms with Crippen LogP contribution in [-0.4, -0.2) is 29.2 Å². The summed E-state index contributed by atoms with van der Waals surface area (Å²) in [6, 6.07) is 13.9. The number of carbonyl (C=O) groups is 2. The Hall–Kier alpha value is -3.39. The summed E-state index contributed by atoms with van der Waals surface area (Å²) < 4.78 is 13.1. The Morgan fingerprint density at radius 2 is 1.81 bits per heavy atom. The number of rotatable bonds is 3. The average molecular weight is 437 g/mol. The van der Waals surface area contributed by atoms with Gasteiger partial charge in [0.25, 0.3) is 5.91 Å². The molecule has 2 heterocycles. The van der Waals surface area contributed by atoms with E-state index in [1.54, 1.807) is 40.9 Å². The van der Waals surface area contributed by atoms with Gasteiger partial charge in [-0.25, -0.2) is 14.2 Å². The number of halogens is 1. The third kappa shape index (κ3) is 4.69. The summed E-state index contributed by atoms with van der Waals surface area (Å²) in [5.41, 5.74) is 4.12. The van der Waals surface area contributed by atoms with Crippen LogP contribution in [0.2, 0.25) is 0 Å². The number of nitrogens with one attached hydrogen (secondary N) is 2. The van der Waals surface area contributed by atoms with E-state index in [-0.39, 0.29) is 17.8 Å². The standard InChI is InChI=1S/C23H21FN4O2S/c1-14-12-15(2)25-22-20(14)28(10-11-31-22)23(30)27-19-5-3-4-16(13-19)21(29)26-18-8-6-17(24)7-9-18/h3-9,12-13H,10-11H2,1-2H3,(H,26,29)(H,27,30). The van der Waals surface area contributed by atoms with Gasteiger partial charge in [0.05, 0.1) is 5.69 Å². The number of aromatic nitrogens is 1. The molecule has 3 amide bonds. The Balaban J connectivity index is 1.50. The molecule has 0 atom stereocenters. The first-order chi connectivity index (χ1) is 14.9. The molecule has 0 fully saturated rings. The van der Waals surface area contributed by atoms with Crippen LogP contribution in [-0.2, 0) is 0 Å². The zero-order valence-electron chi connectivity index (χ0n) is 17.1. The van der Waals surface area contributed by atoms with Gasteiger partial charge >= 0.3 is 6.03 Å². The van der Waals surface area contributed by atoms with E-state index in [4.69, 9.17) is 0 Å². The van der Waals surface area contributed by atoms with Crippen LogP contribution < -0.4 is 15.5 Å². The van der Waals surface area contributed by atoms with Crippen molar-refractivity contribution in [3.05, 3.63) is 77.2 Å². The first-order valence-corrected chi connectivity index (χ1v) is 10.8. The first kappa shape index (κ1) is 20.9. The van der Waals surface area contributed by atoms with Crippen LogP contribution in [0.3, 0.4) is 0 Å². The summed E-state index contributed by atoms with van der Waals surface area (Å²) in [6.07, 6.45) is 0. The molecule has 1 aliphatic rings. The molecule has 0 saturated heterocycles. The summed E-state index contributed by atoms with van der Waals surface area (Å²) in [5, 5.41) is 6.45. The lowest BCUT2D eigenvalue weighted by Crippen LogP contribution is -2.39. The maximum absolute atomic E-state index is 13.1. The molecule has 8 heteroatoms. The molecule has 2 N–H and O–H groups in total. The van der Waals surface area contributed by atoms with Crippen molar-refractivity contribution in [1.29, 1.82) is 0 Å². The summed E-state index contributed by atoms with van der Waals surface area (Å²) >= 11 is 1.64. The molecule has 6 nitrogen and oxygen atoms in total. The van der Waals surface area contributed by atoms with E-state index in [9.17, 15) is 14.0 Å². The predicted octanol–water partition coefficient (Wildman–Crippen LogP) is 5.23.